The smallest absolute Gasteiger partial charge is 0.161 e. The second kappa shape index (κ2) is 45.0. The van der Waals surface area contributed by atoms with Gasteiger partial charge in [0.1, 0.15) is 0 Å². The molecule has 0 saturated carbocycles. The normalized spacial score (nSPS) is 11.9. The Bertz CT molecular complexity index is 8770. The molecule has 0 bridgehead atoms. The van der Waals surface area contributed by atoms with Crippen LogP contribution in [-0.4, -0.2) is 81.1 Å². The summed E-state index contributed by atoms with van der Waals surface area (Å²) in [5.74, 6) is 0.196. The summed E-state index contributed by atoms with van der Waals surface area (Å²) < 4.78 is 9.60. The Hall–Kier alpha value is -13.2. The second-order valence-electron chi connectivity index (χ2n) is 35.7. The van der Waals surface area contributed by atoms with Gasteiger partial charge in [0.2, 0.25) is 0 Å². The molecule has 0 atom stereocenters. The number of aromatic nitrogens is 8. The zero-order valence-electron chi connectivity index (χ0n) is 80.3. The van der Waals surface area contributed by atoms with Crippen molar-refractivity contribution in [2.24, 2.45) is 23.7 Å². The van der Waals surface area contributed by atoms with E-state index in [1.807, 2.05) is 117 Å². The predicted octanol–water partition coefficient (Wildman–Crippen LogP) is 32.0. The molecule has 0 aliphatic carbocycles. The van der Waals surface area contributed by atoms with Crippen molar-refractivity contribution >= 4 is 240 Å². The summed E-state index contributed by atoms with van der Waals surface area (Å²) >= 11 is 7.11. The van der Waals surface area contributed by atoms with E-state index >= 15 is 0 Å². The quantitative estimate of drug-likeness (QED) is 0.0510. The standard InChI is InChI=1S/2C25H13N2S.2C21H11N2S.2C9H16O2.2C5H8O2.4Ir/c2*1-2-7-16-15(6-1)12-13-26-23(16)22-14-20-19-10-5-9-18-17-8-3-4-11-21(17)27(24(18)19)25(20)28-22;2*1-2-10-18-13(6-1)14-7-5-8-15-16-12-19(17-9-3-4-11-22-17)24-21(16)23(18)20(14)15;2*1-6(2)8(10)5-9(11)7(3)4;2*1-4(6)3-5(2)7;;;;/h2*1-13H;2*1-11H;2*5-7,10H,1-4H3;2*3,6H,1-2H3;;;;/q4*-1;;;;;;;;. The minimum Gasteiger partial charge on any atom is -0.512 e. The van der Waals surface area contributed by atoms with Crippen LogP contribution in [0.15, 0.2) is 339 Å². The van der Waals surface area contributed by atoms with Crippen molar-refractivity contribution in [1.82, 2.24) is 37.5 Å². The molecular weight excluding hydrogens is 2580 g/mol. The first-order chi connectivity index (χ1) is 67.8. The van der Waals surface area contributed by atoms with E-state index in [4.69, 9.17) is 20.2 Å². The third-order valence-corrected chi connectivity index (χ3v) is 28.9. The van der Waals surface area contributed by atoms with Gasteiger partial charge in [0.05, 0.1) is 23.0 Å². The van der Waals surface area contributed by atoms with Gasteiger partial charge in [-0.2, -0.15) is 45.3 Å². The number of aliphatic hydroxyl groups is 4. The molecule has 728 valence electrons. The number of rotatable bonds is 12. The van der Waals surface area contributed by atoms with Crippen molar-refractivity contribution in [3.05, 3.63) is 363 Å². The predicted molar refractivity (Wildman–Crippen MR) is 584 cm³/mol. The zero-order valence-corrected chi connectivity index (χ0v) is 93.1. The van der Waals surface area contributed by atoms with Crippen molar-refractivity contribution in [2.75, 3.05) is 0 Å². The van der Waals surface area contributed by atoms with Crippen LogP contribution < -0.4 is 0 Å². The molecule has 4 N–H and O–H groups in total. The van der Waals surface area contributed by atoms with Gasteiger partial charge in [-0.05, 0) is 139 Å². The molecule has 0 unspecified atom stereocenters. The van der Waals surface area contributed by atoms with Gasteiger partial charge in [0.25, 0.3) is 0 Å². The minimum absolute atomic E-state index is 0. The summed E-state index contributed by atoms with van der Waals surface area (Å²) in [4.78, 5) is 69.9. The van der Waals surface area contributed by atoms with Gasteiger partial charge in [-0.3, -0.25) is 19.2 Å². The molecule has 0 aliphatic rings. The number of thiophene rings is 4. The molecule has 0 aliphatic heterocycles. The van der Waals surface area contributed by atoms with Crippen molar-refractivity contribution in [1.29, 1.82) is 0 Å². The number of aliphatic hydroxyl groups excluding tert-OH is 4. The fraction of sp³-hybridized carbons (Fsp3) is 0.133. The number of nitrogens with zero attached hydrogens (tertiary/aromatic N) is 8. The number of hydrogen-bond donors (Lipinski definition) is 4. The third kappa shape index (κ3) is 20.4. The number of hydrogen-bond acceptors (Lipinski definition) is 16. The minimum atomic E-state index is -0.125. The summed E-state index contributed by atoms with van der Waals surface area (Å²) in [6.07, 6.45) is 12.4. The van der Waals surface area contributed by atoms with E-state index in [1.165, 1.54) is 223 Å². The molecule has 16 nitrogen and oxygen atoms in total. The van der Waals surface area contributed by atoms with Gasteiger partial charge in [-0.1, -0.05) is 295 Å². The van der Waals surface area contributed by atoms with Gasteiger partial charge >= 0.3 is 0 Å². The second-order valence-corrected chi connectivity index (χ2v) is 39.7. The summed E-state index contributed by atoms with van der Waals surface area (Å²) in [5, 5.41) is 60.3. The van der Waals surface area contributed by atoms with Gasteiger partial charge in [0.15, 0.2) is 23.1 Å². The molecule has 0 saturated heterocycles. The van der Waals surface area contributed by atoms with Crippen molar-refractivity contribution in [2.45, 2.75) is 83.1 Å². The van der Waals surface area contributed by atoms with E-state index in [2.05, 4.69) is 282 Å². The summed E-state index contributed by atoms with van der Waals surface area (Å²) in [5.41, 5.74) is 14.3. The Kier molecular flexibility index (Phi) is 32.8. The molecule has 4 radical (unpaired) electrons. The van der Waals surface area contributed by atoms with Crippen LogP contribution in [-0.2, 0) is 99.6 Å². The number of fused-ring (bicyclic) bond motifs is 26. The Balaban J connectivity index is 0.000000129. The number of benzene rings is 10. The summed E-state index contributed by atoms with van der Waals surface area (Å²) in [6, 6.07) is 109. The van der Waals surface area contributed by atoms with Crippen molar-refractivity contribution in [3.63, 3.8) is 0 Å². The Morgan fingerprint density at radius 3 is 0.778 bits per heavy atom. The number of carbonyl (C=O) groups excluding carboxylic acids is 4. The van der Waals surface area contributed by atoms with Crippen LogP contribution in [0.2, 0.25) is 0 Å². The van der Waals surface area contributed by atoms with E-state index in [-0.39, 0.29) is 150 Å². The van der Waals surface area contributed by atoms with E-state index in [0.717, 1.165) is 42.3 Å². The molecular formula is C120H96Ir4N8O8S4-4. The van der Waals surface area contributed by atoms with Gasteiger partial charge < -0.3 is 58.0 Å². The van der Waals surface area contributed by atoms with Crippen LogP contribution in [0.4, 0.5) is 0 Å². The fourth-order valence-electron chi connectivity index (χ4n) is 18.0. The summed E-state index contributed by atoms with van der Waals surface area (Å²) in [7, 11) is 0. The van der Waals surface area contributed by atoms with E-state index in [0.29, 0.717) is 0 Å². The number of allylic oxidation sites excluding steroid dienone is 8. The van der Waals surface area contributed by atoms with Crippen LogP contribution in [0.5, 0.6) is 0 Å². The van der Waals surface area contributed by atoms with Crippen LogP contribution in [0.25, 0.3) is 213 Å². The number of para-hydroxylation sites is 8. The molecule has 0 fully saturated rings. The van der Waals surface area contributed by atoms with Gasteiger partial charge in [0, 0.05) is 261 Å². The van der Waals surface area contributed by atoms with Gasteiger partial charge in [-0.25, -0.2) is 0 Å². The first-order valence-corrected chi connectivity index (χ1v) is 49.6. The molecule has 24 heteroatoms. The molecule has 16 heterocycles. The van der Waals surface area contributed by atoms with Crippen LogP contribution in [0.1, 0.15) is 83.1 Å². The maximum Gasteiger partial charge on any atom is 0.161 e. The molecule has 0 spiro atoms. The molecule has 26 aromatic rings. The average molecular weight is 2680 g/mol. The summed E-state index contributed by atoms with van der Waals surface area (Å²) in [6.45, 7) is 20.3. The van der Waals surface area contributed by atoms with Crippen molar-refractivity contribution < 1.29 is 120 Å². The van der Waals surface area contributed by atoms with E-state index in [1.54, 1.807) is 45.3 Å². The van der Waals surface area contributed by atoms with Crippen LogP contribution >= 0.6 is 45.3 Å². The molecule has 26 rings (SSSR count). The number of pyridine rings is 4. The Morgan fingerprint density at radius 1 is 0.271 bits per heavy atom. The average Bonchev–Trinajstić information content (AvgIpc) is 1.56. The van der Waals surface area contributed by atoms with Crippen LogP contribution in [0.3, 0.4) is 0 Å². The van der Waals surface area contributed by atoms with Crippen molar-refractivity contribution in [3.8, 4) is 42.3 Å². The Labute approximate surface area is 900 Å². The first-order valence-electron chi connectivity index (χ1n) is 46.3. The maximum atomic E-state index is 11.0. The zero-order chi connectivity index (χ0) is 97.6. The molecule has 16 aromatic heterocycles. The van der Waals surface area contributed by atoms with Gasteiger partial charge in [-0.15, -0.1) is 45.8 Å². The van der Waals surface area contributed by atoms with Crippen LogP contribution in [0, 0.1) is 47.9 Å². The molecule has 0 amide bonds. The molecule has 144 heavy (non-hydrogen) atoms. The first kappa shape index (κ1) is 105. The maximum absolute atomic E-state index is 11.0. The van der Waals surface area contributed by atoms with E-state index in [9.17, 15) is 29.4 Å². The number of carbonyl (C=O) groups is 4. The fourth-order valence-corrected chi connectivity index (χ4v) is 22.6. The van der Waals surface area contributed by atoms with E-state index < -0.39 is 0 Å². The largest absolute Gasteiger partial charge is 0.512 e. The monoisotopic (exact) mass is 2680 g/mol. The topological polar surface area (TPSA) is 218 Å². The number of ketones is 4. The third-order valence-electron chi connectivity index (χ3n) is 24.6. The SMILES string of the molecule is CC(=O)C=C(C)O.CC(=O)C=C(C)O.CC(C)C(=O)C=C(O)C(C)C.CC(C)C(=O)C=C(O)C(C)C.[Ir].[Ir].[Ir].[Ir].[c-]1c(-c2ccccn2)sc2c1c1cccc3c4ccccc4n2c13.[c-]1c(-c2ccccn2)sc2c1c1cccc3c4ccccc4n2c13.[c-]1c(-c2nccc3ccccc23)sc2c1c1cccc3c4ccccc4n2c13.[c-]1c(-c2nccc3ccccc23)sc2c1c1cccc3c4ccccc4n2c13. The Morgan fingerprint density at radius 2 is 0.521 bits per heavy atom. The molecule has 10 aromatic carbocycles.